The van der Waals surface area contributed by atoms with Crippen molar-refractivity contribution in [3.05, 3.63) is 29.8 Å². The Balaban J connectivity index is 1.46. The molecule has 2 heterocycles. The molecule has 0 unspecified atom stereocenters. The third-order valence-electron chi connectivity index (χ3n) is 4.68. The highest BCUT2D eigenvalue weighted by Crippen LogP contribution is 2.35. The van der Waals surface area contributed by atoms with Crippen LogP contribution in [-0.2, 0) is 0 Å². The number of hydrogen-bond acceptors (Lipinski definition) is 3. The zero-order valence-corrected chi connectivity index (χ0v) is 12.5. The zero-order chi connectivity index (χ0) is 13.8. The number of hydrogen-bond donors (Lipinski definition) is 1. The Labute approximate surface area is 122 Å². The molecule has 2 atom stereocenters. The first-order valence-electron chi connectivity index (χ1n) is 8.02. The summed E-state index contributed by atoms with van der Waals surface area (Å²) in [6.45, 7) is 7.93. The number of benzene rings is 1. The molecule has 2 aliphatic rings. The molecule has 0 radical (unpaired) electrons. The molecule has 1 fully saturated rings. The molecule has 0 spiro atoms. The minimum atomic E-state index is 0.475. The number of nitrogens with zero attached hydrogens (tertiary/aromatic N) is 1. The fourth-order valence-electron chi connectivity index (χ4n) is 3.38. The first-order chi connectivity index (χ1) is 9.84. The summed E-state index contributed by atoms with van der Waals surface area (Å²) in [5, 5.41) is 3.69. The van der Waals surface area contributed by atoms with E-state index in [0.29, 0.717) is 12.0 Å². The lowest BCUT2D eigenvalue weighted by atomic mass is 9.94. The first kappa shape index (κ1) is 13.9. The molecule has 2 aliphatic heterocycles. The molecule has 110 valence electrons. The van der Waals surface area contributed by atoms with Crippen LogP contribution in [0.25, 0.3) is 0 Å². The molecule has 1 saturated heterocycles. The average molecular weight is 274 g/mol. The van der Waals surface area contributed by atoms with Crippen molar-refractivity contribution in [2.45, 2.75) is 38.1 Å². The lowest BCUT2D eigenvalue weighted by molar-refractivity contribution is 0.223. The number of ether oxygens (including phenoxy) is 1. The summed E-state index contributed by atoms with van der Waals surface area (Å²) in [5.74, 6) is 1.56. The van der Waals surface area contributed by atoms with Crippen LogP contribution in [0, 0.1) is 0 Å². The van der Waals surface area contributed by atoms with Gasteiger partial charge in [-0.2, -0.15) is 0 Å². The van der Waals surface area contributed by atoms with Gasteiger partial charge in [0.1, 0.15) is 5.75 Å². The normalized spacial score (nSPS) is 24.1. The molecule has 3 nitrogen and oxygen atoms in total. The highest BCUT2D eigenvalue weighted by molar-refractivity contribution is 5.40. The molecule has 3 heteroatoms. The van der Waals surface area contributed by atoms with Gasteiger partial charge in [-0.3, -0.25) is 0 Å². The number of fused-ring (bicyclic) bond motifs is 1. The summed E-state index contributed by atoms with van der Waals surface area (Å²) in [5.41, 5.74) is 1.37. The van der Waals surface area contributed by atoms with Crippen LogP contribution < -0.4 is 10.1 Å². The molecular weight excluding hydrogens is 248 g/mol. The molecule has 1 aromatic rings. The van der Waals surface area contributed by atoms with E-state index in [2.05, 4.69) is 41.4 Å². The smallest absolute Gasteiger partial charge is 0.122 e. The van der Waals surface area contributed by atoms with Gasteiger partial charge in [0.25, 0.3) is 0 Å². The average Bonchev–Trinajstić information content (AvgIpc) is 2.92. The highest BCUT2D eigenvalue weighted by Gasteiger charge is 2.28. The summed E-state index contributed by atoms with van der Waals surface area (Å²) in [4.78, 5) is 2.59. The predicted octanol–water partition coefficient (Wildman–Crippen LogP) is 2.63. The van der Waals surface area contributed by atoms with Gasteiger partial charge in [0.05, 0.1) is 6.61 Å². The van der Waals surface area contributed by atoms with Crippen molar-refractivity contribution < 1.29 is 4.74 Å². The van der Waals surface area contributed by atoms with Crippen molar-refractivity contribution >= 4 is 0 Å². The lowest BCUT2D eigenvalue weighted by Crippen LogP contribution is -2.40. The third-order valence-corrected chi connectivity index (χ3v) is 4.68. The second kappa shape index (κ2) is 6.59. The van der Waals surface area contributed by atoms with E-state index in [1.54, 1.807) is 0 Å². The fourth-order valence-corrected chi connectivity index (χ4v) is 3.38. The first-order valence-corrected chi connectivity index (χ1v) is 8.02. The molecule has 0 saturated carbocycles. The Morgan fingerprint density at radius 3 is 2.90 bits per heavy atom. The van der Waals surface area contributed by atoms with E-state index in [0.717, 1.165) is 18.9 Å². The molecule has 0 bridgehead atoms. The maximum absolute atomic E-state index is 5.78. The second-order valence-electron chi connectivity index (χ2n) is 6.10. The number of rotatable bonds is 5. The molecule has 0 aliphatic carbocycles. The summed E-state index contributed by atoms with van der Waals surface area (Å²) in [7, 11) is 0. The fraction of sp³-hybridized carbons (Fsp3) is 0.647. The van der Waals surface area contributed by atoms with Crippen LogP contribution >= 0.6 is 0 Å². The van der Waals surface area contributed by atoms with Crippen LogP contribution in [-0.4, -0.2) is 43.7 Å². The molecule has 0 amide bonds. The maximum Gasteiger partial charge on any atom is 0.122 e. The molecule has 1 aromatic carbocycles. The minimum Gasteiger partial charge on any atom is -0.493 e. The Bertz CT molecular complexity index is 429. The van der Waals surface area contributed by atoms with Crippen molar-refractivity contribution in [3.8, 4) is 5.75 Å². The molecule has 3 rings (SSSR count). The van der Waals surface area contributed by atoms with Crippen LogP contribution in [0.2, 0.25) is 0 Å². The minimum absolute atomic E-state index is 0.475. The molecule has 1 N–H and O–H groups in total. The van der Waals surface area contributed by atoms with Crippen molar-refractivity contribution in [1.29, 1.82) is 0 Å². The van der Waals surface area contributed by atoms with Crippen molar-refractivity contribution in [3.63, 3.8) is 0 Å². The summed E-state index contributed by atoms with van der Waals surface area (Å²) < 4.78 is 5.78. The Kier molecular flexibility index (Phi) is 4.58. The van der Waals surface area contributed by atoms with Crippen molar-refractivity contribution in [1.82, 2.24) is 10.2 Å². The van der Waals surface area contributed by atoms with Gasteiger partial charge in [0.2, 0.25) is 0 Å². The van der Waals surface area contributed by atoms with E-state index < -0.39 is 0 Å². The van der Waals surface area contributed by atoms with Crippen molar-refractivity contribution in [2.24, 2.45) is 0 Å². The van der Waals surface area contributed by atoms with E-state index in [9.17, 15) is 0 Å². The Morgan fingerprint density at radius 1 is 1.25 bits per heavy atom. The summed E-state index contributed by atoms with van der Waals surface area (Å²) >= 11 is 0. The van der Waals surface area contributed by atoms with Crippen LogP contribution in [0.5, 0.6) is 5.75 Å². The van der Waals surface area contributed by atoms with Gasteiger partial charge in [-0.15, -0.1) is 0 Å². The number of piperidine rings is 1. The van der Waals surface area contributed by atoms with Crippen LogP contribution in [0.15, 0.2) is 24.3 Å². The van der Waals surface area contributed by atoms with E-state index in [4.69, 9.17) is 4.74 Å². The van der Waals surface area contributed by atoms with E-state index >= 15 is 0 Å². The van der Waals surface area contributed by atoms with Gasteiger partial charge in [-0.25, -0.2) is 0 Å². The van der Waals surface area contributed by atoms with Crippen molar-refractivity contribution in [2.75, 3.05) is 32.8 Å². The highest BCUT2D eigenvalue weighted by atomic mass is 16.5. The standard InChI is InChI=1S/C17H26N2O/c1-14(18-9-12-19-10-5-2-6-11-19)16-13-20-17-8-4-3-7-15(16)17/h3-4,7-8,14,16,18H,2,5-6,9-13H2,1H3/t14-,16+/m0/s1. The topological polar surface area (TPSA) is 24.5 Å². The van der Waals surface area contributed by atoms with Gasteiger partial charge < -0.3 is 15.0 Å². The Hall–Kier alpha value is -1.06. The molecular formula is C17H26N2O. The molecule has 0 aromatic heterocycles. The second-order valence-corrected chi connectivity index (χ2v) is 6.10. The quantitative estimate of drug-likeness (QED) is 0.893. The monoisotopic (exact) mass is 274 g/mol. The number of likely N-dealkylation sites (tertiary alicyclic amines) is 1. The lowest BCUT2D eigenvalue weighted by Gasteiger charge is -2.28. The number of nitrogens with one attached hydrogen (secondary N) is 1. The van der Waals surface area contributed by atoms with E-state index in [-0.39, 0.29) is 0 Å². The van der Waals surface area contributed by atoms with Gasteiger partial charge in [0.15, 0.2) is 0 Å². The van der Waals surface area contributed by atoms with E-state index in [1.165, 1.54) is 44.5 Å². The van der Waals surface area contributed by atoms with Crippen LogP contribution in [0.4, 0.5) is 0 Å². The van der Waals surface area contributed by atoms with Crippen LogP contribution in [0.1, 0.15) is 37.7 Å². The van der Waals surface area contributed by atoms with Gasteiger partial charge in [0, 0.05) is 30.6 Å². The van der Waals surface area contributed by atoms with Gasteiger partial charge in [-0.1, -0.05) is 24.6 Å². The third kappa shape index (κ3) is 3.15. The summed E-state index contributed by atoms with van der Waals surface area (Å²) in [6.07, 6.45) is 4.16. The maximum atomic E-state index is 5.78. The zero-order valence-electron chi connectivity index (χ0n) is 12.5. The largest absolute Gasteiger partial charge is 0.493 e. The van der Waals surface area contributed by atoms with Crippen LogP contribution in [0.3, 0.4) is 0 Å². The van der Waals surface area contributed by atoms with E-state index in [1.807, 2.05) is 0 Å². The predicted molar refractivity (Wildman–Crippen MR) is 82.4 cm³/mol. The van der Waals surface area contributed by atoms with Gasteiger partial charge in [-0.05, 0) is 38.9 Å². The summed E-state index contributed by atoms with van der Waals surface area (Å²) in [6, 6.07) is 8.92. The number of para-hydroxylation sites is 1. The Morgan fingerprint density at radius 2 is 2.05 bits per heavy atom. The van der Waals surface area contributed by atoms with Gasteiger partial charge >= 0.3 is 0 Å². The molecule has 20 heavy (non-hydrogen) atoms. The SMILES string of the molecule is C[C@H](NCCN1CCCCC1)[C@H]1COc2ccccc21.